The number of fused-ring (bicyclic) bond motifs is 3. The van der Waals surface area contributed by atoms with Crippen molar-refractivity contribution in [2.75, 3.05) is 6.61 Å². The van der Waals surface area contributed by atoms with Crippen LogP contribution in [0.4, 0.5) is 0 Å². The van der Waals surface area contributed by atoms with Gasteiger partial charge in [-0.1, -0.05) is 6.92 Å². The van der Waals surface area contributed by atoms with Crippen molar-refractivity contribution < 1.29 is 19.1 Å². The van der Waals surface area contributed by atoms with Gasteiger partial charge in [-0.15, -0.1) is 11.3 Å². The molecule has 2 heterocycles. The molecule has 0 aliphatic heterocycles. The summed E-state index contributed by atoms with van der Waals surface area (Å²) in [6.07, 6.45) is 2.85. The largest absolute Gasteiger partial charge is 0.466 e. The standard InChI is InChI=1S/C20H26N2O5S/c1-5-11(3)27-15(23)10-22-12(4)21-18-17(19(22)24)16-13(20(25)26-6-2)8-7-9-14(16)28-18/h11,13H,5-10H2,1-4H3. The SMILES string of the molecule is CCOC(=O)C1CCCc2sc3nc(C)n(CC(=O)OC(C)CC)c(=O)c3c21. The van der Waals surface area contributed by atoms with Gasteiger partial charge in [-0.25, -0.2) is 4.98 Å². The topological polar surface area (TPSA) is 87.5 Å². The van der Waals surface area contributed by atoms with Gasteiger partial charge >= 0.3 is 11.9 Å². The van der Waals surface area contributed by atoms with Gasteiger partial charge in [0, 0.05) is 4.88 Å². The molecule has 1 aliphatic carbocycles. The highest BCUT2D eigenvalue weighted by atomic mass is 32.1. The van der Waals surface area contributed by atoms with Crippen molar-refractivity contribution in [3.8, 4) is 0 Å². The van der Waals surface area contributed by atoms with Crippen LogP contribution >= 0.6 is 11.3 Å². The molecule has 0 fully saturated rings. The van der Waals surface area contributed by atoms with Gasteiger partial charge in [0.1, 0.15) is 17.2 Å². The number of aryl methyl sites for hydroxylation is 2. The van der Waals surface area contributed by atoms with Gasteiger partial charge in [0.2, 0.25) is 0 Å². The predicted molar refractivity (Wildman–Crippen MR) is 107 cm³/mol. The first-order valence-corrected chi connectivity index (χ1v) is 10.6. The summed E-state index contributed by atoms with van der Waals surface area (Å²) in [6, 6.07) is 0. The van der Waals surface area contributed by atoms with E-state index in [4.69, 9.17) is 9.47 Å². The van der Waals surface area contributed by atoms with Crippen molar-refractivity contribution in [1.29, 1.82) is 0 Å². The monoisotopic (exact) mass is 406 g/mol. The van der Waals surface area contributed by atoms with E-state index in [-0.39, 0.29) is 24.2 Å². The summed E-state index contributed by atoms with van der Waals surface area (Å²) in [5.74, 6) is -0.752. The molecule has 0 bridgehead atoms. The third-order valence-electron chi connectivity index (χ3n) is 5.13. The Morgan fingerprint density at radius 2 is 2.11 bits per heavy atom. The molecule has 2 atom stereocenters. The molecular weight excluding hydrogens is 380 g/mol. The number of hydrogen-bond acceptors (Lipinski definition) is 7. The van der Waals surface area contributed by atoms with Crippen LogP contribution in [0.1, 0.15) is 62.2 Å². The van der Waals surface area contributed by atoms with Crippen molar-refractivity contribution in [3.05, 3.63) is 26.6 Å². The average Bonchev–Trinajstić information content (AvgIpc) is 3.03. The number of thiophene rings is 1. The predicted octanol–water partition coefficient (Wildman–Crippen LogP) is 3.09. The molecule has 0 aromatic carbocycles. The number of carbonyl (C=O) groups excluding carboxylic acids is 2. The Morgan fingerprint density at radius 3 is 2.79 bits per heavy atom. The third-order valence-corrected chi connectivity index (χ3v) is 6.29. The highest BCUT2D eigenvalue weighted by Crippen LogP contribution is 2.41. The van der Waals surface area contributed by atoms with Crippen molar-refractivity contribution in [3.63, 3.8) is 0 Å². The van der Waals surface area contributed by atoms with Crippen LogP contribution in [0.5, 0.6) is 0 Å². The Labute approximate surface area is 167 Å². The van der Waals surface area contributed by atoms with Crippen LogP contribution in [-0.2, 0) is 32.0 Å². The molecular formula is C20H26N2O5S. The Balaban J connectivity index is 2.07. The maximum atomic E-state index is 13.3. The fraction of sp³-hybridized carbons (Fsp3) is 0.600. The third kappa shape index (κ3) is 3.83. The number of aromatic nitrogens is 2. The Morgan fingerprint density at radius 1 is 1.36 bits per heavy atom. The first-order valence-electron chi connectivity index (χ1n) is 9.76. The molecule has 0 radical (unpaired) electrons. The Hall–Kier alpha value is -2.22. The molecule has 28 heavy (non-hydrogen) atoms. The van der Waals surface area contributed by atoms with E-state index in [1.165, 1.54) is 15.9 Å². The number of hydrogen-bond donors (Lipinski definition) is 0. The molecule has 1 aliphatic rings. The van der Waals surface area contributed by atoms with Crippen LogP contribution in [-0.4, -0.2) is 34.2 Å². The average molecular weight is 407 g/mol. The van der Waals surface area contributed by atoms with Crippen molar-refractivity contribution in [2.45, 2.75) is 71.9 Å². The minimum Gasteiger partial charge on any atom is -0.466 e. The maximum Gasteiger partial charge on any atom is 0.326 e. The molecule has 152 valence electrons. The fourth-order valence-corrected chi connectivity index (χ4v) is 4.87. The van der Waals surface area contributed by atoms with E-state index in [1.807, 2.05) is 13.8 Å². The summed E-state index contributed by atoms with van der Waals surface area (Å²) in [5.41, 5.74) is 0.448. The number of rotatable bonds is 6. The van der Waals surface area contributed by atoms with Gasteiger partial charge in [0.05, 0.1) is 24.0 Å². The summed E-state index contributed by atoms with van der Waals surface area (Å²) >= 11 is 1.46. The molecule has 2 aromatic heterocycles. The first-order chi connectivity index (χ1) is 13.4. The smallest absolute Gasteiger partial charge is 0.326 e. The van der Waals surface area contributed by atoms with Gasteiger partial charge in [0.25, 0.3) is 5.56 Å². The lowest BCUT2D eigenvalue weighted by molar-refractivity contribution is -0.149. The normalized spacial score (nSPS) is 17.2. The highest BCUT2D eigenvalue weighted by molar-refractivity contribution is 7.18. The van der Waals surface area contributed by atoms with Gasteiger partial charge in [-0.2, -0.15) is 0 Å². The molecule has 0 spiro atoms. The van der Waals surface area contributed by atoms with E-state index in [0.29, 0.717) is 35.5 Å². The molecule has 2 aromatic rings. The minimum absolute atomic E-state index is 0.188. The quantitative estimate of drug-likeness (QED) is 0.685. The lowest BCUT2D eigenvalue weighted by Crippen LogP contribution is -2.30. The zero-order chi connectivity index (χ0) is 20.4. The molecule has 0 N–H and O–H groups in total. The van der Waals surface area contributed by atoms with Crippen LogP contribution in [0, 0.1) is 6.92 Å². The summed E-state index contributed by atoms with van der Waals surface area (Å²) in [4.78, 5) is 44.2. The van der Waals surface area contributed by atoms with E-state index in [1.54, 1.807) is 13.8 Å². The van der Waals surface area contributed by atoms with Crippen LogP contribution in [0.15, 0.2) is 4.79 Å². The zero-order valence-corrected chi connectivity index (χ0v) is 17.6. The minimum atomic E-state index is -0.466. The van der Waals surface area contributed by atoms with E-state index in [2.05, 4.69) is 4.98 Å². The van der Waals surface area contributed by atoms with E-state index < -0.39 is 11.9 Å². The highest BCUT2D eigenvalue weighted by Gasteiger charge is 2.33. The lowest BCUT2D eigenvalue weighted by atomic mass is 9.86. The number of esters is 2. The molecule has 0 saturated carbocycles. The number of ether oxygens (including phenoxy) is 2. The summed E-state index contributed by atoms with van der Waals surface area (Å²) in [5, 5.41) is 0.444. The van der Waals surface area contributed by atoms with Gasteiger partial charge in [-0.05, 0) is 52.0 Å². The Bertz CT molecular complexity index is 962. The zero-order valence-electron chi connectivity index (χ0n) is 16.7. The number of carbonyl (C=O) groups is 2. The second-order valence-electron chi connectivity index (χ2n) is 7.07. The van der Waals surface area contributed by atoms with Crippen molar-refractivity contribution >= 4 is 33.5 Å². The van der Waals surface area contributed by atoms with Crippen LogP contribution in [0.2, 0.25) is 0 Å². The second kappa shape index (κ2) is 8.43. The summed E-state index contributed by atoms with van der Waals surface area (Å²) in [7, 11) is 0. The Kier molecular flexibility index (Phi) is 6.17. The van der Waals surface area contributed by atoms with Crippen LogP contribution < -0.4 is 5.56 Å². The van der Waals surface area contributed by atoms with Crippen LogP contribution in [0.3, 0.4) is 0 Å². The van der Waals surface area contributed by atoms with Gasteiger partial charge < -0.3 is 9.47 Å². The number of nitrogens with zero attached hydrogens (tertiary/aromatic N) is 2. The fourth-order valence-electron chi connectivity index (χ4n) is 3.56. The molecule has 3 rings (SSSR count). The molecule has 7 nitrogen and oxygen atoms in total. The van der Waals surface area contributed by atoms with Gasteiger partial charge in [-0.3, -0.25) is 19.0 Å². The van der Waals surface area contributed by atoms with Gasteiger partial charge in [0.15, 0.2) is 0 Å². The molecule has 0 saturated heterocycles. The molecule has 0 amide bonds. The molecule has 8 heteroatoms. The van der Waals surface area contributed by atoms with Crippen molar-refractivity contribution in [1.82, 2.24) is 9.55 Å². The van der Waals surface area contributed by atoms with E-state index in [9.17, 15) is 14.4 Å². The maximum absolute atomic E-state index is 13.3. The van der Waals surface area contributed by atoms with Crippen molar-refractivity contribution in [2.24, 2.45) is 0 Å². The van der Waals surface area contributed by atoms with E-state index >= 15 is 0 Å². The molecule has 2 unspecified atom stereocenters. The first kappa shape index (κ1) is 20.5. The van der Waals surface area contributed by atoms with Crippen LogP contribution in [0.25, 0.3) is 10.2 Å². The second-order valence-corrected chi connectivity index (χ2v) is 8.16. The summed E-state index contributed by atoms with van der Waals surface area (Å²) in [6.45, 7) is 7.33. The summed E-state index contributed by atoms with van der Waals surface area (Å²) < 4.78 is 11.9. The van der Waals surface area contributed by atoms with E-state index in [0.717, 1.165) is 23.3 Å². The lowest BCUT2D eigenvalue weighted by Gasteiger charge is -2.21.